The van der Waals surface area contributed by atoms with Crippen LogP contribution in [0.1, 0.15) is 12.7 Å². The normalized spacial score (nSPS) is 12.1. The molecule has 3 rings (SSSR count). The Kier molecular flexibility index (Phi) is 3.96. The highest BCUT2D eigenvalue weighted by Gasteiger charge is 2.25. The number of aromatic nitrogens is 1. The maximum atomic E-state index is 13.0. The van der Waals surface area contributed by atoms with E-state index in [2.05, 4.69) is 4.98 Å². The van der Waals surface area contributed by atoms with Gasteiger partial charge in [-0.15, -0.1) is 0 Å². The van der Waals surface area contributed by atoms with Crippen molar-refractivity contribution in [2.45, 2.75) is 18.4 Å². The second kappa shape index (κ2) is 5.90. The molecule has 3 aromatic rings. The molecule has 0 amide bonds. The van der Waals surface area contributed by atoms with E-state index < -0.39 is 10.0 Å². The van der Waals surface area contributed by atoms with Crippen molar-refractivity contribution in [2.24, 2.45) is 0 Å². The SMILES string of the molecule is CCN(Cc1ccco1)S(=O)(=O)c1cccc2cnccc12. The van der Waals surface area contributed by atoms with Crippen LogP contribution in [0.15, 0.2) is 64.4 Å². The fourth-order valence-corrected chi connectivity index (χ4v) is 4.03. The summed E-state index contributed by atoms with van der Waals surface area (Å²) < 4.78 is 32.6. The molecule has 5 nitrogen and oxygen atoms in total. The highest BCUT2D eigenvalue weighted by atomic mass is 32.2. The summed E-state index contributed by atoms with van der Waals surface area (Å²) in [5.74, 6) is 0.618. The van der Waals surface area contributed by atoms with Crippen molar-refractivity contribution in [2.75, 3.05) is 6.54 Å². The Morgan fingerprint density at radius 2 is 2.05 bits per heavy atom. The van der Waals surface area contributed by atoms with E-state index in [1.807, 2.05) is 13.0 Å². The second-order valence-electron chi connectivity index (χ2n) is 4.86. The van der Waals surface area contributed by atoms with Gasteiger partial charge in [0.2, 0.25) is 10.0 Å². The van der Waals surface area contributed by atoms with E-state index >= 15 is 0 Å². The summed E-state index contributed by atoms with van der Waals surface area (Å²) in [6.07, 6.45) is 4.81. The van der Waals surface area contributed by atoms with E-state index in [4.69, 9.17) is 4.42 Å². The predicted octanol–water partition coefficient (Wildman–Crippen LogP) is 3.04. The van der Waals surface area contributed by atoms with Gasteiger partial charge in [-0.1, -0.05) is 19.1 Å². The monoisotopic (exact) mass is 316 g/mol. The average molecular weight is 316 g/mol. The van der Waals surface area contributed by atoms with E-state index in [1.54, 1.807) is 49.0 Å². The molecule has 0 unspecified atom stereocenters. The van der Waals surface area contributed by atoms with Gasteiger partial charge in [0, 0.05) is 29.7 Å². The number of nitrogens with zero attached hydrogens (tertiary/aromatic N) is 2. The molecule has 0 spiro atoms. The number of sulfonamides is 1. The molecule has 0 radical (unpaired) electrons. The van der Waals surface area contributed by atoms with Gasteiger partial charge in [-0.05, 0) is 24.3 Å². The van der Waals surface area contributed by atoms with Gasteiger partial charge in [-0.2, -0.15) is 4.31 Å². The Balaban J connectivity index is 2.06. The minimum Gasteiger partial charge on any atom is -0.468 e. The highest BCUT2D eigenvalue weighted by molar-refractivity contribution is 7.89. The van der Waals surface area contributed by atoms with Crippen LogP contribution in [0.25, 0.3) is 10.8 Å². The number of furan rings is 1. The molecule has 6 heteroatoms. The molecule has 0 aliphatic heterocycles. The van der Waals surface area contributed by atoms with Crippen LogP contribution in [0.3, 0.4) is 0 Å². The van der Waals surface area contributed by atoms with Crippen LogP contribution in [0.5, 0.6) is 0 Å². The predicted molar refractivity (Wildman–Crippen MR) is 83.7 cm³/mol. The van der Waals surface area contributed by atoms with Crippen LogP contribution in [0, 0.1) is 0 Å². The van der Waals surface area contributed by atoms with E-state index in [-0.39, 0.29) is 6.54 Å². The van der Waals surface area contributed by atoms with Gasteiger partial charge in [0.05, 0.1) is 17.7 Å². The van der Waals surface area contributed by atoms with Crippen molar-refractivity contribution in [3.8, 4) is 0 Å². The Morgan fingerprint density at radius 3 is 2.77 bits per heavy atom. The molecule has 114 valence electrons. The average Bonchev–Trinajstić information content (AvgIpc) is 3.05. The first kappa shape index (κ1) is 14.7. The lowest BCUT2D eigenvalue weighted by atomic mass is 10.2. The molecular weight excluding hydrogens is 300 g/mol. The lowest BCUT2D eigenvalue weighted by molar-refractivity contribution is 0.376. The molecule has 2 heterocycles. The van der Waals surface area contributed by atoms with E-state index in [0.29, 0.717) is 22.6 Å². The Morgan fingerprint density at radius 1 is 1.18 bits per heavy atom. The van der Waals surface area contributed by atoms with Gasteiger partial charge in [-0.3, -0.25) is 4.98 Å². The zero-order valence-corrected chi connectivity index (χ0v) is 13.0. The van der Waals surface area contributed by atoms with Crippen molar-refractivity contribution in [3.05, 3.63) is 60.8 Å². The zero-order chi connectivity index (χ0) is 15.6. The van der Waals surface area contributed by atoms with Crippen molar-refractivity contribution in [1.82, 2.24) is 9.29 Å². The van der Waals surface area contributed by atoms with Crippen LogP contribution in [0.2, 0.25) is 0 Å². The fraction of sp³-hybridized carbons (Fsp3) is 0.188. The van der Waals surface area contributed by atoms with Gasteiger partial charge in [0.15, 0.2) is 0 Å². The standard InChI is InChI=1S/C16H16N2O3S/c1-2-18(12-14-6-4-10-21-14)22(19,20)16-7-3-5-13-11-17-9-8-15(13)16/h3-11H,2,12H2,1H3. The van der Waals surface area contributed by atoms with Gasteiger partial charge in [0.1, 0.15) is 5.76 Å². The molecule has 1 aromatic carbocycles. The largest absolute Gasteiger partial charge is 0.468 e. The molecule has 0 bridgehead atoms. The first-order chi connectivity index (χ1) is 10.6. The lowest BCUT2D eigenvalue weighted by Gasteiger charge is -2.20. The quantitative estimate of drug-likeness (QED) is 0.726. The molecule has 0 aliphatic carbocycles. The van der Waals surface area contributed by atoms with Crippen LogP contribution < -0.4 is 0 Å². The molecule has 0 aliphatic rings. The summed E-state index contributed by atoms with van der Waals surface area (Å²) in [4.78, 5) is 4.33. The smallest absolute Gasteiger partial charge is 0.244 e. The summed E-state index contributed by atoms with van der Waals surface area (Å²) in [5.41, 5.74) is 0. The van der Waals surface area contributed by atoms with E-state index in [0.717, 1.165) is 5.39 Å². The summed E-state index contributed by atoms with van der Waals surface area (Å²) in [5, 5.41) is 1.48. The lowest BCUT2D eigenvalue weighted by Crippen LogP contribution is -2.30. The van der Waals surface area contributed by atoms with Gasteiger partial charge >= 0.3 is 0 Å². The van der Waals surface area contributed by atoms with Crippen LogP contribution >= 0.6 is 0 Å². The van der Waals surface area contributed by atoms with E-state index in [9.17, 15) is 8.42 Å². The van der Waals surface area contributed by atoms with Crippen molar-refractivity contribution < 1.29 is 12.8 Å². The van der Waals surface area contributed by atoms with Crippen molar-refractivity contribution >= 4 is 20.8 Å². The third-order valence-electron chi connectivity index (χ3n) is 3.52. The summed E-state index contributed by atoms with van der Waals surface area (Å²) in [6.45, 7) is 2.39. The van der Waals surface area contributed by atoms with Gasteiger partial charge in [0.25, 0.3) is 0 Å². The minimum atomic E-state index is -3.61. The van der Waals surface area contributed by atoms with Crippen molar-refractivity contribution in [3.63, 3.8) is 0 Å². The second-order valence-corrected chi connectivity index (χ2v) is 6.77. The molecule has 0 saturated heterocycles. The van der Waals surface area contributed by atoms with Crippen LogP contribution in [0.4, 0.5) is 0 Å². The topological polar surface area (TPSA) is 63.4 Å². The number of fused-ring (bicyclic) bond motifs is 1. The molecule has 0 saturated carbocycles. The number of rotatable bonds is 5. The maximum absolute atomic E-state index is 13.0. The molecule has 0 atom stereocenters. The summed E-state index contributed by atoms with van der Waals surface area (Å²) >= 11 is 0. The first-order valence-electron chi connectivity index (χ1n) is 6.98. The third-order valence-corrected chi connectivity index (χ3v) is 5.50. The summed E-state index contributed by atoms with van der Waals surface area (Å²) in [7, 11) is -3.61. The number of benzene rings is 1. The number of pyridine rings is 1. The minimum absolute atomic E-state index is 0.216. The Bertz CT molecular complexity index is 868. The first-order valence-corrected chi connectivity index (χ1v) is 8.42. The molecule has 0 fully saturated rings. The molecule has 2 aromatic heterocycles. The summed E-state index contributed by atoms with van der Waals surface area (Å²) in [6, 6.07) is 10.5. The molecule has 22 heavy (non-hydrogen) atoms. The van der Waals surface area contributed by atoms with Gasteiger partial charge in [-0.25, -0.2) is 8.42 Å². The number of hydrogen-bond acceptors (Lipinski definition) is 4. The molecule has 0 N–H and O–H groups in total. The van der Waals surface area contributed by atoms with Crippen LogP contribution in [-0.4, -0.2) is 24.3 Å². The maximum Gasteiger partial charge on any atom is 0.244 e. The Hall–Kier alpha value is -2.18. The van der Waals surface area contributed by atoms with E-state index in [1.165, 1.54) is 4.31 Å². The highest BCUT2D eigenvalue weighted by Crippen LogP contribution is 2.26. The van der Waals surface area contributed by atoms with Gasteiger partial charge < -0.3 is 4.42 Å². The molecular formula is C16H16N2O3S. The number of hydrogen-bond donors (Lipinski definition) is 0. The zero-order valence-electron chi connectivity index (χ0n) is 12.1. The van der Waals surface area contributed by atoms with Crippen molar-refractivity contribution in [1.29, 1.82) is 0 Å². The fourth-order valence-electron chi connectivity index (χ4n) is 2.40. The van der Waals surface area contributed by atoms with Crippen LogP contribution in [-0.2, 0) is 16.6 Å². The Labute approximate surface area is 129 Å². The third kappa shape index (κ3) is 2.63.